The number of benzene rings is 1. The van der Waals surface area contributed by atoms with Crippen molar-refractivity contribution in [2.24, 2.45) is 0 Å². The zero-order chi connectivity index (χ0) is 15.8. The van der Waals surface area contributed by atoms with Gasteiger partial charge in [0.2, 0.25) is 0 Å². The number of thiophene rings is 1. The van der Waals surface area contributed by atoms with E-state index in [9.17, 15) is 4.79 Å². The molecular formula is C15H9ClN4O2S. The van der Waals surface area contributed by atoms with Crippen LogP contribution in [-0.4, -0.2) is 19.7 Å². The maximum Gasteiger partial charge on any atom is 0.261 e. The lowest BCUT2D eigenvalue weighted by atomic mass is 10.2. The number of rotatable bonds is 3. The Morgan fingerprint density at radius 1 is 1.30 bits per heavy atom. The molecule has 114 valence electrons. The average molecular weight is 345 g/mol. The lowest BCUT2D eigenvalue weighted by molar-refractivity contribution is 0.420. The maximum absolute atomic E-state index is 12.5. The van der Waals surface area contributed by atoms with Crippen LogP contribution in [0.25, 0.3) is 22.4 Å². The normalized spacial score (nSPS) is 11.2. The van der Waals surface area contributed by atoms with E-state index in [2.05, 4.69) is 15.1 Å². The highest BCUT2D eigenvalue weighted by atomic mass is 35.5. The van der Waals surface area contributed by atoms with Gasteiger partial charge in [-0.25, -0.2) is 4.98 Å². The summed E-state index contributed by atoms with van der Waals surface area (Å²) in [7, 11) is 0. The molecule has 0 aliphatic carbocycles. The Labute approximate surface area is 139 Å². The minimum Gasteiger partial charge on any atom is -0.334 e. The van der Waals surface area contributed by atoms with E-state index in [1.54, 1.807) is 29.5 Å². The molecule has 8 heteroatoms. The Morgan fingerprint density at radius 3 is 3.04 bits per heavy atom. The molecule has 0 saturated carbocycles. The molecule has 0 amide bonds. The van der Waals surface area contributed by atoms with Gasteiger partial charge in [0, 0.05) is 10.4 Å². The maximum atomic E-state index is 12.5. The van der Waals surface area contributed by atoms with Crippen LogP contribution in [0.5, 0.6) is 0 Å². The molecule has 0 saturated heterocycles. The largest absolute Gasteiger partial charge is 0.334 e. The number of aromatic nitrogens is 4. The molecule has 0 aliphatic heterocycles. The van der Waals surface area contributed by atoms with Crippen molar-refractivity contribution >= 4 is 33.8 Å². The van der Waals surface area contributed by atoms with Crippen LogP contribution in [0.4, 0.5) is 0 Å². The highest BCUT2D eigenvalue weighted by Crippen LogP contribution is 2.20. The van der Waals surface area contributed by atoms with E-state index in [0.717, 1.165) is 5.56 Å². The van der Waals surface area contributed by atoms with Crippen molar-refractivity contribution in [3.63, 3.8) is 0 Å². The Morgan fingerprint density at radius 2 is 2.22 bits per heavy atom. The Hall–Kier alpha value is -2.51. The van der Waals surface area contributed by atoms with Gasteiger partial charge in [-0.2, -0.15) is 16.3 Å². The second-order valence-electron chi connectivity index (χ2n) is 4.87. The average Bonchev–Trinajstić information content (AvgIpc) is 3.22. The number of hydrogen-bond donors (Lipinski definition) is 0. The van der Waals surface area contributed by atoms with Crippen LogP contribution in [0.1, 0.15) is 5.82 Å². The summed E-state index contributed by atoms with van der Waals surface area (Å²) in [6.45, 7) is 0.182. The summed E-state index contributed by atoms with van der Waals surface area (Å²) in [5.74, 6) is 0.850. The van der Waals surface area contributed by atoms with Crippen molar-refractivity contribution < 1.29 is 4.52 Å². The zero-order valence-corrected chi connectivity index (χ0v) is 13.2. The smallest absolute Gasteiger partial charge is 0.261 e. The second kappa shape index (κ2) is 5.60. The fourth-order valence-corrected chi connectivity index (χ4v) is 3.02. The summed E-state index contributed by atoms with van der Waals surface area (Å²) in [6.07, 6.45) is 1.47. The van der Waals surface area contributed by atoms with Gasteiger partial charge in [-0.15, -0.1) is 0 Å². The molecule has 3 aromatic heterocycles. The third kappa shape index (κ3) is 2.64. The van der Waals surface area contributed by atoms with E-state index in [1.165, 1.54) is 10.9 Å². The molecule has 0 bridgehead atoms. The molecule has 0 fully saturated rings. The van der Waals surface area contributed by atoms with E-state index in [4.69, 9.17) is 16.1 Å². The molecule has 0 unspecified atom stereocenters. The Balaban J connectivity index is 1.70. The zero-order valence-electron chi connectivity index (χ0n) is 11.6. The molecule has 4 rings (SSSR count). The third-order valence-corrected chi connectivity index (χ3v) is 4.25. The highest BCUT2D eigenvalue weighted by molar-refractivity contribution is 7.08. The highest BCUT2D eigenvalue weighted by Gasteiger charge is 2.11. The van der Waals surface area contributed by atoms with Gasteiger partial charge in [-0.3, -0.25) is 9.36 Å². The number of hydrogen-bond acceptors (Lipinski definition) is 6. The first kappa shape index (κ1) is 14.1. The van der Waals surface area contributed by atoms with Crippen LogP contribution >= 0.6 is 22.9 Å². The summed E-state index contributed by atoms with van der Waals surface area (Å²) in [6, 6.07) is 6.92. The minimum atomic E-state index is -0.195. The first-order valence-corrected chi connectivity index (χ1v) is 8.02. The van der Waals surface area contributed by atoms with E-state index in [0.29, 0.717) is 27.6 Å². The number of fused-ring (bicyclic) bond motifs is 1. The van der Waals surface area contributed by atoms with Gasteiger partial charge in [-0.05, 0) is 29.6 Å². The molecule has 0 radical (unpaired) electrons. The van der Waals surface area contributed by atoms with Gasteiger partial charge in [0.15, 0.2) is 5.82 Å². The Bertz CT molecular complexity index is 1040. The van der Waals surface area contributed by atoms with Gasteiger partial charge >= 0.3 is 0 Å². The summed E-state index contributed by atoms with van der Waals surface area (Å²) in [5.41, 5.74) is 1.27. The van der Waals surface area contributed by atoms with Crippen molar-refractivity contribution in [3.05, 3.63) is 62.6 Å². The van der Waals surface area contributed by atoms with Gasteiger partial charge in [-0.1, -0.05) is 16.8 Å². The van der Waals surface area contributed by atoms with Gasteiger partial charge < -0.3 is 4.52 Å². The van der Waals surface area contributed by atoms with Crippen molar-refractivity contribution in [2.75, 3.05) is 0 Å². The van der Waals surface area contributed by atoms with Crippen molar-refractivity contribution in [2.45, 2.75) is 6.54 Å². The van der Waals surface area contributed by atoms with E-state index < -0.39 is 0 Å². The number of nitrogens with zero attached hydrogens (tertiary/aromatic N) is 4. The van der Waals surface area contributed by atoms with Crippen LogP contribution in [0.15, 0.2) is 50.7 Å². The lowest BCUT2D eigenvalue weighted by Crippen LogP contribution is -2.21. The first-order chi connectivity index (χ1) is 11.2. The molecule has 23 heavy (non-hydrogen) atoms. The second-order valence-corrected chi connectivity index (χ2v) is 6.08. The van der Waals surface area contributed by atoms with Gasteiger partial charge in [0.05, 0.1) is 29.3 Å². The molecule has 1 aromatic carbocycles. The lowest BCUT2D eigenvalue weighted by Gasteiger charge is -2.03. The van der Waals surface area contributed by atoms with Crippen LogP contribution in [0.2, 0.25) is 5.02 Å². The molecule has 3 heterocycles. The van der Waals surface area contributed by atoms with Crippen LogP contribution in [-0.2, 0) is 6.54 Å². The predicted molar refractivity (Wildman–Crippen MR) is 87.7 cm³/mol. The van der Waals surface area contributed by atoms with Crippen molar-refractivity contribution in [1.29, 1.82) is 0 Å². The number of halogens is 1. The van der Waals surface area contributed by atoms with Crippen LogP contribution in [0.3, 0.4) is 0 Å². The summed E-state index contributed by atoms with van der Waals surface area (Å²) < 4.78 is 6.65. The monoisotopic (exact) mass is 344 g/mol. The van der Waals surface area contributed by atoms with E-state index in [-0.39, 0.29) is 12.1 Å². The standard InChI is InChI=1S/C15H9ClN4O2S/c16-10-1-2-12-11(5-10)15(21)20(8-17-12)6-13-18-14(22-19-13)9-3-4-23-7-9/h1-5,7-8H,6H2. The van der Waals surface area contributed by atoms with E-state index in [1.807, 2.05) is 16.8 Å². The van der Waals surface area contributed by atoms with Gasteiger partial charge in [0.25, 0.3) is 11.4 Å². The van der Waals surface area contributed by atoms with Crippen molar-refractivity contribution in [3.8, 4) is 11.5 Å². The third-order valence-electron chi connectivity index (χ3n) is 3.33. The summed E-state index contributed by atoms with van der Waals surface area (Å²) in [4.78, 5) is 21.1. The SMILES string of the molecule is O=c1c2cc(Cl)ccc2ncn1Cc1noc(-c2ccsc2)n1. The van der Waals surface area contributed by atoms with Gasteiger partial charge in [0.1, 0.15) is 0 Å². The predicted octanol–water partition coefficient (Wildman–Crippen LogP) is 3.21. The molecule has 4 aromatic rings. The molecular weight excluding hydrogens is 336 g/mol. The first-order valence-electron chi connectivity index (χ1n) is 6.70. The summed E-state index contributed by atoms with van der Waals surface area (Å²) in [5, 5.41) is 8.72. The van der Waals surface area contributed by atoms with Crippen LogP contribution in [0, 0.1) is 0 Å². The fraction of sp³-hybridized carbons (Fsp3) is 0.0667. The molecule has 0 N–H and O–H groups in total. The minimum absolute atomic E-state index is 0.182. The molecule has 0 aliphatic rings. The Kier molecular flexibility index (Phi) is 3.44. The molecule has 6 nitrogen and oxygen atoms in total. The topological polar surface area (TPSA) is 73.8 Å². The quantitative estimate of drug-likeness (QED) is 0.570. The van der Waals surface area contributed by atoms with E-state index >= 15 is 0 Å². The molecule has 0 atom stereocenters. The molecule has 0 spiro atoms. The van der Waals surface area contributed by atoms with Crippen molar-refractivity contribution in [1.82, 2.24) is 19.7 Å². The summed E-state index contributed by atoms with van der Waals surface area (Å²) >= 11 is 7.50. The van der Waals surface area contributed by atoms with Crippen LogP contribution < -0.4 is 5.56 Å². The fourth-order valence-electron chi connectivity index (χ4n) is 2.22.